The highest BCUT2D eigenvalue weighted by atomic mass is 16.5. The first-order chi connectivity index (χ1) is 9.67. The van der Waals surface area contributed by atoms with E-state index in [4.69, 9.17) is 4.52 Å². The Labute approximate surface area is 116 Å². The molecule has 1 N–H and O–H groups in total. The van der Waals surface area contributed by atoms with Crippen molar-refractivity contribution < 1.29 is 14.4 Å². The maximum absolute atomic E-state index is 12.0. The van der Waals surface area contributed by atoms with Gasteiger partial charge < -0.3 is 14.5 Å². The van der Waals surface area contributed by atoms with Crippen LogP contribution in [0.1, 0.15) is 12.3 Å². The Morgan fingerprint density at radius 2 is 2.35 bits per heavy atom. The van der Waals surface area contributed by atoms with E-state index in [1.165, 1.54) is 0 Å². The zero-order chi connectivity index (χ0) is 14.1. The molecule has 0 bridgehead atoms. The van der Waals surface area contributed by atoms with Gasteiger partial charge >= 0.3 is 0 Å². The number of aliphatic hydroxyl groups excluding tert-OH is 1. The van der Waals surface area contributed by atoms with Crippen molar-refractivity contribution in [2.45, 2.75) is 13.3 Å². The van der Waals surface area contributed by atoms with E-state index >= 15 is 0 Å². The fraction of sp³-hybridized carbons (Fsp3) is 0.357. The van der Waals surface area contributed by atoms with Crippen molar-refractivity contribution in [1.82, 2.24) is 10.1 Å². The summed E-state index contributed by atoms with van der Waals surface area (Å²) in [5.41, 5.74) is 1.60. The lowest BCUT2D eigenvalue weighted by Gasteiger charge is -2.16. The lowest BCUT2D eigenvalue weighted by atomic mass is 10.1. The third-order valence-electron chi connectivity index (χ3n) is 3.41. The molecule has 1 aromatic carbocycles. The van der Waals surface area contributed by atoms with Crippen LogP contribution in [0.5, 0.6) is 0 Å². The number of rotatable bonds is 3. The summed E-state index contributed by atoms with van der Waals surface area (Å²) in [5, 5.41) is 13.0. The number of aromatic nitrogens is 2. The Bertz CT molecular complexity index is 638. The average Bonchev–Trinajstić information content (AvgIpc) is 3.05. The first-order valence-electron chi connectivity index (χ1n) is 6.49. The number of nitrogens with zero attached hydrogens (tertiary/aromatic N) is 3. The van der Waals surface area contributed by atoms with Crippen LogP contribution in [-0.4, -0.2) is 34.3 Å². The predicted molar refractivity (Wildman–Crippen MR) is 72.0 cm³/mol. The molecule has 1 aromatic heterocycles. The molecule has 6 heteroatoms. The summed E-state index contributed by atoms with van der Waals surface area (Å²) in [4.78, 5) is 17.8. The van der Waals surface area contributed by atoms with E-state index in [0.717, 1.165) is 11.3 Å². The minimum atomic E-state index is 0.0126. The number of carbonyl (C=O) groups excluding carboxylic acids is 1. The first kappa shape index (κ1) is 12.8. The third-order valence-corrected chi connectivity index (χ3v) is 3.41. The molecule has 1 aliphatic rings. The Kier molecular flexibility index (Phi) is 3.23. The molecule has 20 heavy (non-hydrogen) atoms. The fourth-order valence-electron chi connectivity index (χ4n) is 2.38. The van der Waals surface area contributed by atoms with Crippen LogP contribution >= 0.6 is 0 Å². The molecule has 0 radical (unpaired) electrons. The van der Waals surface area contributed by atoms with Crippen LogP contribution in [0, 0.1) is 12.8 Å². The van der Waals surface area contributed by atoms with E-state index < -0.39 is 0 Å². The number of amides is 1. The topological polar surface area (TPSA) is 79.5 Å². The molecule has 1 amide bonds. The fourth-order valence-corrected chi connectivity index (χ4v) is 2.38. The van der Waals surface area contributed by atoms with Gasteiger partial charge in [-0.05, 0) is 12.1 Å². The highest BCUT2D eigenvalue weighted by Crippen LogP contribution is 2.28. The predicted octanol–water partition coefficient (Wildman–Crippen LogP) is 1.39. The number of hydrogen-bond donors (Lipinski definition) is 1. The first-order valence-corrected chi connectivity index (χ1v) is 6.49. The highest BCUT2D eigenvalue weighted by molar-refractivity contribution is 5.96. The van der Waals surface area contributed by atoms with Gasteiger partial charge in [-0.25, -0.2) is 0 Å². The number of carbonyl (C=O) groups is 1. The molecular formula is C14H15N3O3. The maximum Gasteiger partial charge on any atom is 0.227 e. The SMILES string of the molecule is Cc1nc(-c2cccc(N3CC(CO)CC3=O)c2)no1. The van der Waals surface area contributed by atoms with E-state index in [-0.39, 0.29) is 18.4 Å². The molecule has 6 nitrogen and oxygen atoms in total. The van der Waals surface area contributed by atoms with Crippen molar-refractivity contribution >= 4 is 11.6 Å². The lowest BCUT2D eigenvalue weighted by molar-refractivity contribution is -0.117. The van der Waals surface area contributed by atoms with Gasteiger partial charge in [0.05, 0.1) is 0 Å². The van der Waals surface area contributed by atoms with E-state index in [0.29, 0.717) is 24.7 Å². The van der Waals surface area contributed by atoms with E-state index in [1.54, 1.807) is 11.8 Å². The summed E-state index contributed by atoms with van der Waals surface area (Å²) in [7, 11) is 0. The molecule has 1 atom stereocenters. The summed E-state index contributed by atoms with van der Waals surface area (Å²) in [6, 6.07) is 7.46. The number of aliphatic hydroxyl groups is 1. The highest BCUT2D eigenvalue weighted by Gasteiger charge is 2.30. The van der Waals surface area contributed by atoms with Gasteiger partial charge in [-0.2, -0.15) is 4.98 Å². The normalized spacial score (nSPS) is 18.8. The van der Waals surface area contributed by atoms with Crippen LogP contribution in [0.25, 0.3) is 11.4 Å². The number of anilines is 1. The van der Waals surface area contributed by atoms with Crippen molar-refractivity contribution in [3.8, 4) is 11.4 Å². The largest absolute Gasteiger partial charge is 0.396 e. The Balaban J connectivity index is 1.90. The Hall–Kier alpha value is -2.21. The van der Waals surface area contributed by atoms with Crippen molar-refractivity contribution in [3.05, 3.63) is 30.2 Å². The Morgan fingerprint density at radius 3 is 3.00 bits per heavy atom. The van der Waals surface area contributed by atoms with Gasteiger partial charge in [-0.15, -0.1) is 0 Å². The minimum absolute atomic E-state index is 0.0126. The second kappa shape index (κ2) is 5.05. The molecule has 0 spiro atoms. The monoisotopic (exact) mass is 273 g/mol. The summed E-state index contributed by atoms with van der Waals surface area (Å²) < 4.78 is 4.97. The van der Waals surface area contributed by atoms with Crippen LogP contribution in [0.4, 0.5) is 5.69 Å². The second-order valence-electron chi connectivity index (χ2n) is 4.94. The number of benzene rings is 1. The van der Waals surface area contributed by atoms with Gasteiger partial charge in [0.25, 0.3) is 0 Å². The van der Waals surface area contributed by atoms with E-state index in [1.807, 2.05) is 24.3 Å². The van der Waals surface area contributed by atoms with Gasteiger partial charge in [0.1, 0.15) is 0 Å². The molecule has 104 valence electrons. The van der Waals surface area contributed by atoms with Crippen LogP contribution < -0.4 is 4.90 Å². The Morgan fingerprint density at radius 1 is 1.50 bits per heavy atom. The maximum atomic E-state index is 12.0. The van der Waals surface area contributed by atoms with Gasteiger partial charge in [0.2, 0.25) is 17.6 Å². The molecule has 2 heterocycles. The van der Waals surface area contributed by atoms with Crippen molar-refractivity contribution in [3.63, 3.8) is 0 Å². The van der Waals surface area contributed by atoms with E-state index in [9.17, 15) is 9.90 Å². The molecule has 1 saturated heterocycles. The minimum Gasteiger partial charge on any atom is -0.396 e. The number of aryl methyl sites for hydroxylation is 1. The molecule has 0 aliphatic carbocycles. The molecule has 0 saturated carbocycles. The molecule has 2 aromatic rings. The van der Waals surface area contributed by atoms with Gasteiger partial charge in [0.15, 0.2) is 0 Å². The zero-order valence-electron chi connectivity index (χ0n) is 11.1. The van der Waals surface area contributed by atoms with Crippen LogP contribution in [-0.2, 0) is 4.79 Å². The average molecular weight is 273 g/mol. The van der Waals surface area contributed by atoms with Crippen molar-refractivity contribution in [1.29, 1.82) is 0 Å². The van der Waals surface area contributed by atoms with Crippen molar-refractivity contribution in [2.24, 2.45) is 5.92 Å². The van der Waals surface area contributed by atoms with Gasteiger partial charge in [-0.3, -0.25) is 4.79 Å². The van der Waals surface area contributed by atoms with Crippen molar-refractivity contribution in [2.75, 3.05) is 18.1 Å². The quantitative estimate of drug-likeness (QED) is 0.914. The molecule has 3 rings (SSSR count). The summed E-state index contributed by atoms with van der Waals surface area (Å²) in [6.07, 6.45) is 0.391. The molecule has 1 aliphatic heterocycles. The van der Waals surface area contributed by atoms with Crippen LogP contribution in [0.3, 0.4) is 0 Å². The lowest BCUT2D eigenvalue weighted by Crippen LogP contribution is -2.24. The third kappa shape index (κ3) is 2.30. The standard InChI is InChI=1S/C14H15N3O3/c1-9-15-14(16-20-9)11-3-2-4-12(6-11)17-7-10(8-18)5-13(17)19/h2-4,6,10,18H,5,7-8H2,1H3. The summed E-state index contributed by atoms with van der Waals surface area (Å²) in [6.45, 7) is 2.31. The van der Waals surface area contributed by atoms with E-state index in [2.05, 4.69) is 10.1 Å². The summed E-state index contributed by atoms with van der Waals surface area (Å²) >= 11 is 0. The summed E-state index contributed by atoms with van der Waals surface area (Å²) in [5.74, 6) is 1.06. The smallest absolute Gasteiger partial charge is 0.227 e. The molecular weight excluding hydrogens is 258 g/mol. The zero-order valence-corrected chi connectivity index (χ0v) is 11.1. The second-order valence-corrected chi connectivity index (χ2v) is 4.94. The van der Waals surface area contributed by atoms with Gasteiger partial charge in [-0.1, -0.05) is 17.3 Å². The molecule has 1 unspecified atom stereocenters. The number of hydrogen-bond acceptors (Lipinski definition) is 5. The van der Waals surface area contributed by atoms with Crippen LogP contribution in [0.2, 0.25) is 0 Å². The molecule has 1 fully saturated rings. The van der Waals surface area contributed by atoms with Crippen LogP contribution in [0.15, 0.2) is 28.8 Å². The van der Waals surface area contributed by atoms with Gasteiger partial charge in [0, 0.05) is 43.7 Å².